The van der Waals surface area contributed by atoms with Crippen LogP contribution in [-0.4, -0.2) is 57.0 Å². The highest BCUT2D eigenvalue weighted by Gasteiger charge is 2.31. The van der Waals surface area contributed by atoms with Gasteiger partial charge in [-0.1, -0.05) is 11.6 Å². The quantitative estimate of drug-likeness (QED) is 0.814. The lowest BCUT2D eigenvalue weighted by molar-refractivity contribution is -0.117. The number of nitrogens with one attached hydrogen (secondary N) is 1. The SMILES string of the molecule is CN(CC(=O)Nc1ccc(OC(F)F)c(Cl)c1)C1CCS(=O)(=O)C1. The third-order valence-corrected chi connectivity index (χ3v) is 5.70. The maximum Gasteiger partial charge on any atom is 0.387 e. The van der Waals surface area contributed by atoms with Gasteiger partial charge in [-0.2, -0.15) is 8.78 Å². The fourth-order valence-corrected chi connectivity index (χ4v) is 4.48. The van der Waals surface area contributed by atoms with Gasteiger partial charge < -0.3 is 10.1 Å². The number of benzene rings is 1. The van der Waals surface area contributed by atoms with Crippen LogP contribution in [-0.2, 0) is 14.6 Å². The van der Waals surface area contributed by atoms with Crippen LogP contribution in [0.2, 0.25) is 5.02 Å². The van der Waals surface area contributed by atoms with Crippen LogP contribution in [0.15, 0.2) is 18.2 Å². The van der Waals surface area contributed by atoms with Crippen molar-refractivity contribution in [2.45, 2.75) is 19.1 Å². The van der Waals surface area contributed by atoms with E-state index in [1.54, 1.807) is 11.9 Å². The highest BCUT2D eigenvalue weighted by Crippen LogP contribution is 2.29. The Morgan fingerprint density at radius 1 is 1.50 bits per heavy atom. The molecule has 10 heteroatoms. The van der Waals surface area contributed by atoms with E-state index in [-0.39, 0.29) is 40.8 Å². The zero-order valence-electron chi connectivity index (χ0n) is 12.8. The molecule has 1 aromatic rings. The molecule has 1 heterocycles. The van der Waals surface area contributed by atoms with Gasteiger partial charge in [-0.15, -0.1) is 0 Å². The molecule has 134 valence electrons. The van der Waals surface area contributed by atoms with Crippen molar-refractivity contribution in [3.8, 4) is 5.75 Å². The number of carbonyl (C=O) groups excluding carboxylic acids is 1. The van der Waals surface area contributed by atoms with Crippen LogP contribution in [0.1, 0.15) is 6.42 Å². The normalized spacial score (nSPS) is 19.7. The molecule has 1 atom stereocenters. The molecule has 1 unspecified atom stereocenters. The summed E-state index contributed by atoms with van der Waals surface area (Å²) in [5.41, 5.74) is 0.332. The third kappa shape index (κ3) is 5.29. The largest absolute Gasteiger partial charge is 0.433 e. The summed E-state index contributed by atoms with van der Waals surface area (Å²) in [6.45, 7) is -2.98. The smallest absolute Gasteiger partial charge is 0.387 e. The number of halogens is 3. The van der Waals surface area contributed by atoms with Crippen LogP contribution in [0.25, 0.3) is 0 Å². The highest BCUT2D eigenvalue weighted by atomic mass is 35.5. The van der Waals surface area contributed by atoms with Crippen LogP contribution in [0.4, 0.5) is 14.5 Å². The Labute approximate surface area is 143 Å². The van der Waals surface area contributed by atoms with Crippen molar-refractivity contribution < 1.29 is 26.7 Å². The van der Waals surface area contributed by atoms with Crippen LogP contribution < -0.4 is 10.1 Å². The predicted octanol–water partition coefficient (Wildman–Crippen LogP) is 2.00. The van der Waals surface area contributed by atoms with Gasteiger partial charge in [-0.25, -0.2) is 8.42 Å². The van der Waals surface area contributed by atoms with E-state index >= 15 is 0 Å². The Morgan fingerprint density at radius 2 is 2.21 bits per heavy atom. The molecule has 2 rings (SSSR count). The summed E-state index contributed by atoms with van der Waals surface area (Å²) in [7, 11) is -1.34. The summed E-state index contributed by atoms with van der Waals surface area (Å²) in [4.78, 5) is 13.7. The van der Waals surface area contributed by atoms with E-state index in [1.807, 2.05) is 0 Å². The molecule has 0 radical (unpaired) electrons. The molecular formula is C14H17ClF2N2O4S. The molecule has 1 amide bonds. The molecule has 6 nitrogen and oxygen atoms in total. The van der Waals surface area contributed by atoms with E-state index in [0.29, 0.717) is 12.1 Å². The number of amides is 1. The van der Waals surface area contributed by atoms with E-state index < -0.39 is 16.4 Å². The monoisotopic (exact) mass is 382 g/mol. The second-order valence-corrected chi connectivity index (χ2v) is 8.18. The average Bonchev–Trinajstić information content (AvgIpc) is 2.82. The predicted molar refractivity (Wildman–Crippen MR) is 86.4 cm³/mol. The fraction of sp³-hybridized carbons (Fsp3) is 0.500. The Bertz CT molecular complexity index is 715. The lowest BCUT2D eigenvalue weighted by Gasteiger charge is -2.22. The van der Waals surface area contributed by atoms with E-state index in [9.17, 15) is 22.0 Å². The number of rotatable bonds is 6. The number of alkyl halides is 2. The van der Waals surface area contributed by atoms with Crippen LogP contribution in [0.3, 0.4) is 0 Å². The van der Waals surface area contributed by atoms with Crippen LogP contribution in [0, 0.1) is 0 Å². The minimum Gasteiger partial charge on any atom is -0.433 e. The molecule has 0 saturated carbocycles. The number of hydrogen-bond acceptors (Lipinski definition) is 5. The van der Waals surface area contributed by atoms with Gasteiger partial charge in [0, 0.05) is 11.7 Å². The van der Waals surface area contributed by atoms with E-state index in [4.69, 9.17) is 11.6 Å². The summed E-state index contributed by atoms with van der Waals surface area (Å²) in [6, 6.07) is 3.74. The van der Waals surface area contributed by atoms with Crippen molar-refractivity contribution in [1.29, 1.82) is 0 Å². The lowest BCUT2D eigenvalue weighted by atomic mass is 10.2. The number of ether oxygens (including phenoxy) is 1. The number of sulfone groups is 1. The molecule has 1 saturated heterocycles. The molecule has 1 aromatic carbocycles. The first-order valence-corrected chi connectivity index (χ1v) is 9.31. The van der Waals surface area contributed by atoms with Crippen LogP contribution in [0.5, 0.6) is 5.75 Å². The van der Waals surface area contributed by atoms with Crippen LogP contribution >= 0.6 is 11.6 Å². The van der Waals surface area contributed by atoms with Crippen molar-refractivity contribution in [2.75, 3.05) is 30.4 Å². The maximum atomic E-state index is 12.2. The van der Waals surface area contributed by atoms with Crippen molar-refractivity contribution >= 4 is 33.0 Å². The Balaban J connectivity index is 1.91. The van der Waals surface area contributed by atoms with Crippen molar-refractivity contribution in [3.63, 3.8) is 0 Å². The van der Waals surface area contributed by atoms with Gasteiger partial charge in [0.1, 0.15) is 5.75 Å². The summed E-state index contributed by atoms with van der Waals surface area (Å²) < 4.78 is 51.5. The highest BCUT2D eigenvalue weighted by molar-refractivity contribution is 7.91. The zero-order chi connectivity index (χ0) is 17.9. The summed E-state index contributed by atoms with van der Waals surface area (Å²) in [5.74, 6) is -0.369. The minimum atomic E-state index is -3.02. The zero-order valence-corrected chi connectivity index (χ0v) is 14.4. The standard InChI is InChI=1S/C14H17ClF2N2O4S/c1-19(10-4-5-24(21,22)8-10)7-13(20)18-9-2-3-12(11(15)6-9)23-14(16)17/h2-3,6,10,14H,4-5,7-8H2,1H3,(H,18,20). The summed E-state index contributed by atoms with van der Waals surface area (Å²) in [6.07, 6.45) is 0.498. The summed E-state index contributed by atoms with van der Waals surface area (Å²) >= 11 is 5.81. The fourth-order valence-electron chi connectivity index (χ4n) is 2.45. The number of anilines is 1. The van der Waals surface area contributed by atoms with Gasteiger partial charge in [0.05, 0.1) is 23.1 Å². The van der Waals surface area contributed by atoms with E-state index in [0.717, 1.165) is 0 Å². The third-order valence-electron chi connectivity index (χ3n) is 3.66. The molecule has 0 bridgehead atoms. The molecule has 1 N–H and O–H groups in total. The topological polar surface area (TPSA) is 75.7 Å². The second kappa shape index (κ2) is 7.62. The van der Waals surface area contributed by atoms with Crippen molar-refractivity contribution in [3.05, 3.63) is 23.2 Å². The second-order valence-electron chi connectivity index (χ2n) is 5.54. The number of likely N-dealkylation sites (N-methyl/N-ethyl adjacent to an activating group) is 1. The first-order chi connectivity index (χ1) is 11.2. The molecule has 1 aliphatic heterocycles. The van der Waals surface area contributed by atoms with Gasteiger partial charge in [-0.3, -0.25) is 9.69 Å². The maximum absolute atomic E-state index is 12.2. The van der Waals surface area contributed by atoms with Gasteiger partial charge in [0.25, 0.3) is 0 Å². The minimum absolute atomic E-state index is 0.00703. The molecular weight excluding hydrogens is 366 g/mol. The molecule has 1 fully saturated rings. The number of carbonyl (C=O) groups is 1. The number of hydrogen-bond donors (Lipinski definition) is 1. The van der Waals surface area contributed by atoms with Gasteiger partial charge >= 0.3 is 6.61 Å². The summed E-state index contributed by atoms with van der Waals surface area (Å²) in [5, 5.41) is 2.53. The molecule has 0 spiro atoms. The first-order valence-electron chi connectivity index (χ1n) is 7.11. The molecule has 1 aliphatic rings. The van der Waals surface area contributed by atoms with Gasteiger partial charge in [-0.05, 0) is 31.7 Å². The molecule has 0 aromatic heterocycles. The number of nitrogens with zero attached hydrogens (tertiary/aromatic N) is 1. The van der Waals surface area contributed by atoms with E-state index in [1.165, 1.54) is 18.2 Å². The Hall–Kier alpha value is -1.45. The molecule has 24 heavy (non-hydrogen) atoms. The Morgan fingerprint density at radius 3 is 2.75 bits per heavy atom. The van der Waals surface area contributed by atoms with E-state index in [2.05, 4.69) is 10.1 Å². The lowest BCUT2D eigenvalue weighted by Crippen LogP contribution is -2.38. The Kier molecular flexibility index (Phi) is 6.00. The van der Waals surface area contributed by atoms with Gasteiger partial charge in [0.2, 0.25) is 5.91 Å². The van der Waals surface area contributed by atoms with Gasteiger partial charge in [0.15, 0.2) is 9.84 Å². The first kappa shape index (κ1) is 18.9. The van der Waals surface area contributed by atoms with Crippen molar-refractivity contribution in [1.82, 2.24) is 4.90 Å². The molecule has 0 aliphatic carbocycles. The van der Waals surface area contributed by atoms with Crippen molar-refractivity contribution in [2.24, 2.45) is 0 Å². The average molecular weight is 383 g/mol.